The Morgan fingerprint density at radius 3 is 2.27 bits per heavy atom. The molecule has 0 spiro atoms. The highest BCUT2D eigenvalue weighted by atomic mass is 19.1. The summed E-state index contributed by atoms with van der Waals surface area (Å²) in [6.07, 6.45) is 3.57. The van der Waals surface area contributed by atoms with Crippen molar-refractivity contribution in [1.82, 2.24) is 0 Å². The van der Waals surface area contributed by atoms with Gasteiger partial charge in [-0.25, -0.2) is 4.39 Å². The fourth-order valence-electron chi connectivity index (χ4n) is 3.90. The van der Waals surface area contributed by atoms with E-state index in [-0.39, 0.29) is 11.9 Å². The zero-order valence-corrected chi connectivity index (χ0v) is 17.9. The van der Waals surface area contributed by atoms with Crippen LogP contribution in [0.2, 0.25) is 0 Å². The van der Waals surface area contributed by atoms with Gasteiger partial charge in [0.2, 0.25) is 0 Å². The molecule has 3 aromatic rings. The fraction of sp³-hybridized carbons (Fsp3) is 0.308. The van der Waals surface area contributed by atoms with E-state index in [4.69, 9.17) is 11.5 Å². The lowest BCUT2D eigenvalue weighted by Gasteiger charge is -2.22. The fourth-order valence-corrected chi connectivity index (χ4v) is 3.90. The van der Waals surface area contributed by atoms with Crippen LogP contribution in [0.4, 0.5) is 15.8 Å². The number of rotatable bonds is 9. The van der Waals surface area contributed by atoms with Crippen LogP contribution in [0.15, 0.2) is 60.7 Å². The molecule has 0 aliphatic heterocycles. The van der Waals surface area contributed by atoms with Crippen LogP contribution in [0, 0.1) is 5.82 Å². The summed E-state index contributed by atoms with van der Waals surface area (Å²) in [6, 6.07) is 19.5. The highest BCUT2D eigenvalue weighted by Crippen LogP contribution is 2.28. The van der Waals surface area contributed by atoms with Crippen molar-refractivity contribution in [1.29, 1.82) is 0 Å². The molecule has 3 nitrogen and oxygen atoms in total. The molecule has 1 unspecified atom stereocenters. The number of anilines is 2. The average Bonchev–Trinajstić information content (AvgIpc) is 2.76. The van der Waals surface area contributed by atoms with Crippen molar-refractivity contribution in [2.45, 2.75) is 45.6 Å². The molecule has 1 atom stereocenters. The number of nitrogen functional groups attached to an aromatic ring is 1. The Labute approximate surface area is 179 Å². The van der Waals surface area contributed by atoms with Gasteiger partial charge >= 0.3 is 0 Å². The molecule has 0 saturated heterocycles. The first-order chi connectivity index (χ1) is 14.5. The first kappa shape index (κ1) is 21.8. The van der Waals surface area contributed by atoms with Crippen LogP contribution in [-0.4, -0.2) is 6.54 Å². The van der Waals surface area contributed by atoms with E-state index in [2.05, 4.69) is 43.4 Å². The summed E-state index contributed by atoms with van der Waals surface area (Å²) in [5.74, 6) is -0.229. The number of halogens is 1. The molecule has 0 heterocycles. The van der Waals surface area contributed by atoms with Gasteiger partial charge in [0.25, 0.3) is 0 Å². The molecule has 0 aliphatic rings. The van der Waals surface area contributed by atoms with E-state index in [1.165, 1.54) is 28.8 Å². The number of hydrogen-bond acceptors (Lipinski definition) is 3. The molecular weight excluding hydrogens is 373 g/mol. The maximum absolute atomic E-state index is 13.2. The minimum Gasteiger partial charge on any atom is -0.398 e. The number of nitrogens with one attached hydrogen (secondary N) is 1. The van der Waals surface area contributed by atoms with Gasteiger partial charge in [0.05, 0.1) is 6.04 Å². The van der Waals surface area contributed by atoms with Gasteiger partial charge in [-0.05, 0) is 90.4 Å². The van der Waals surface area contributed by atoms with E-state index >= 15 is 0 Å². The highest BCUT2D eigenvalue weighted by molar-refractivity contribution is 5.59. The van der Waals surface area contributed by atoms with Gasteiger partial charge in [0.15, 0.2) is 0 Å². The molecule has 3 aromatic carbocycles. The van der Waals surface area contributed by atoms with Gasteiger partial charge in [0, 0.05) is 11.4 Å². The smallest absolute Gasteiger partial charge is 0.123 e. The monoisotopic (exact) mass is 405 g/mol. The van der Waals surface area contributed by atoms with Gasteiger partial charge < -0.3 is 16.8 Å². The second-order valence-corrected chi connectivity index (χ2v) is 7.73. The molecule has 4 heteroatoms. The molecule has 0 aromatic heterocycles. The van der Waals surface area contributed by atoms with Crippen LogP contribution >= 0.6 is 0 Å². The lowest BCUT2D eigenvalue weighted by molar-refractivity contribution is 0.627. The third kappa shape index (κ3) is 5.39. The van der Waals surface area contributed by atoms with Gasteiger partial charge in [-0.3, -0.25) is 0 Å². The van der Waals surface area contributed by atoms with Crippen molar-refractivity contribution < 1.29 is 4.39 Å². The number of benzene rings is 3. The standard InChI is InChI=1S/C26H32FN3/c1-3-19-7-8-21(16-20(19)4-2)26(13-14-28)30-24-11-12-25(29)22(17-24)15-18-5-9-23(27)10-6-18/h5-12,16-17,26,30H,3-4,13-15,28-29H2,1-2H3. The summed E-state index contributed by atoms with van der Waals surface area (Å²) in [4.78, 5) is 0. The number of nitrogens with two attached hydrogens (primary N) is 2. The molecule has 0 saturated carbocycles. The van der Waals surface area contributed by atoms with Crippen LogP contribution in [0.3, 0.4) is 0 Å². The SMILES string of the molecule is CCc1ccc(C(CCN)Nc2ccc(N)c(Cc3ccc(F)cc3)c2)cc1CC. The molecule has 5 N–H and O–H groups in total. The van der Waals surface area contributed by atoms with Gasteiger partial charge in [-0.15, -0.1) is 0 Å². The zero-order valence-electron chi connectivity index (χ0n) is 17.9. The van der Waals surface area contributed by atoms with Crippen molar-refractivity contribution in [3.8, 4) is 0 Å². The van der Waals surface area contributed by atoms with Crippen molar-refractivity contribution in [3.63, 3.8) is 0 Å². The van der Waals surface area contributed by atoms with Crippen molar-refractivity contribution >= 4 is 11.4 Å². The normalized spacial score (nSPS) is 12.0. The molecule has 0 amide bonds. The molecule has 3 rings (SSSR count). The predicted octanol–water partition coefficient (Wildman–Crippen LogP) is 5.63. The molecule has 0 aliphatic carbocycles. The highest BCUT2D eigenvalue weighted by Gasteiger charge is 2.13. The lowest BCUT2D eigenvalue weighted by Crippen LogP contribution is -2.16. The minimum absolute atomic E-state index is 0.133. The van der Waals surface area contributed by atoms with Crippen molar-refractivity contribution in [2.75, 3.05) is 17.6 Å². The summed E-state index contributed by atoms with van der Waals surface area (Å²) in [5, 5.41) is 3.65. The third-order valence-corrected chi connectivity index (χ3v) is 5.64. The summed E-state index contributed by atoms with van der Waals surface area (Å²) >= 11 is 0. The lowest BCUT2D eigenvalue weighted by atomic mass is 9.95. The third-order valence-electron chi connectivity index (χ3n) is 5.64. The quantitative estimate of drug-likeness (QED) is 0.405. The molecule has 158 valence electrons. The summed E-state index contributed by atoms with van der Waals surface area (Å²) in [7, 11) is 0. The van der Waals surface area contributed by atoms with Crippen LogP contribution < -0.4 is 16.8 Å². The molecular formula is C26H32FN3. The predicted molar refractivity (Wildman–Crippen MR) is 125 cm³/mol. The van der Waals surface area contributed by atoms with Crippen molar-refractivity contribution in [2.24, 2.45) is 5.73 Å². The largest absolute Gasteiger partial charge is 0.398 e. The maximum Gasteiger partial charge on any atom is 0.123 e. The molecule has 30 heavy (non-hydrogen) atoms. The first-order valence-electron chi connectivity index (χ1n) is 10.7. The van der Waals surface area contributed by atoms with Crippen LogP contribution in [-0.2, 0) is 19.3 Å². The average molecular weight is 406 g/mol. The number of hydrogen-bond donors (Lipinski definition) is 3. The topological polar surface area (TPSA) is 64.1 Å². The van der Waals surface area contributed by atoms with Crippen LogP contribution in [0.5, 0.6) is 0 Å². The summed E-state index contributed by atoms with van der Waals surface area (Å²) in [6.45, 7) is 5.00. The Kier molecular flexibility index (Phi) is 7.47. The van der Waals surface area contributed by atoms with Gasteiger partial charge in [-0.2, -0.15) is 0 Å². The van der Waals surface area contributed by atoms with Crippen LogP contribution in [0.25, 0.3) is 0 Å². The molecule has 0 bridgehead atoms. The van der Waals surface area contributed by atoms with Crippen molar-refractivity contribution in [3.05, 3.63) is 94.3 Å². The Morgan fingerprint density at radius 2 is 1.60 bits per heavy atom. The zero-order chi connectivity index (χ0) is 21.5. The summed E-state index contributed by atoms with van der Waals surface area (Å²) in [5.41, 5.74) is 20.0. The van der Waals surface area contributed by atoms with Gasteiger partial charge in [-0.1, -0.05) is 44.2 Å². The van der Waals surface area contributed by atoms with E-state index in [1.807, 2.05) is 12.1 Å². The minimum atomic E-state index is -0.229. The Hall–Kier alpha value is -2.85. The Morgan fingerprint density at radius 1 is 0.867 bits per heavy atom. The number of aryl methyl sites for hydroxylation is 2. The van der Waals surface area contributed by atoms with E-state index < -0.39 is 0 Å². The van der Waals surface area contributed by atoms with Crippen LogP contribution in [0.1, 0.15) is 54.1 Å². The summed E-state index contributed by atoms with van der Waals surface area (Å²) < 4.78 is 13.2. The second-order valence-electron chi connectivity index (χ2n) is 7.73. The van der Waals surface area contributed by atoms with E-state index in [1.54, 1.807) is 12.1 Å². The molecule has 0 fully saturated rings. The van der Waals surface area contributed by atoms with E-state index in [0.29, 0.717) is 13.0 Å². The Bertz CT molecular complexity index is 967. The maximum atomic E-state index is 13.2. The molecule has 0 radical (unpaired) electrons. The first-order valence-corrected chi connectivity index (χ1v) is 10.7. The van der Waals surface area contributed by atoms with E-state index in [0.717, 1.165) is 41.8 Å². The second kappa shape index (κ2) is 10.3. The van der Waals surface area contributed by atoms with Gasteiger partial charge in [0.1, 0.15) is 5.82 Å². The Balaban J connectivity index is 1.84. The van der Waals surface area contributed by atoms with E-state index in [9.17, 15) is 4.39 Å².